The maximum atomic E-state index is 14.0. The van der Waals surface area contributed by atoms with Crippen molar-refractivity contribution in [1.82, 2.24) is 9.47 Å². The number of carbonyl (C=O) groups excluding carboxylic acids is 2. The average molecular weight is 410 g/mol. The fourth-order valence-electron chi connectivity index (χ4n) is 3.90. The molecule has 2 fully saturated rings. The third-order valence-electron chi connectivity index (χ3n) is 5.78. The van der Waals surface area contributed by atoms with Gasteiger partial charge in [-0.15, -0.1) is 0 Å². The summed E-state index contributed by atoms with van der Waals surface area (Å²) in [5, 5.41) is 0. The SMILES string of the molecule is Cc1cc(/C=C/C(=O)OCC(=O)N(Cc2ccccc2F)C2CC2)c(C)n1C1CC1. The fraction of sp³-hybridized carbons (Fsp3) is 0.417. The standard InChI is InChI=1S/C24H27FN2O3/c1-16-13-18(17(2)27(16)21-10-11-21)7-12-24(29)30-15-23(28)26(20-8-9-20)14-19-5-3-4-6-22(19)25/h3-7,12-13,20-21H,8-11,14-15H2,1-2H3/b12-7+. The minimum absolute atomic E-state index is 0.0964. The zero-order valence-corrected chi connectivity index (χ0v) is 17.4. The molecule has 2 aliphatic rings. The average Bonchev–Trinajstić information content (AvgIpc) is 3.63. The van der Waals surface area contributed by atoms with Crippen LogP contribution in [0.25, 0.3) is 6.08 Å². The van der Waals surface area contributed by atoms with Crippen LogP contribution in [0.5, 0.6) is 0 Å². The molecule has 0 bridgehead atoms. The Morgan fingerprint density at radius 3 is 2.60 bits per heavy atom. The first-order valence-electron chi connectivity index (χ1n) is 10.5. The molecule has 0 N–H and O–H groups in total. The molecule has 2 saturated carbocycles. The van der Waals surface area contributed by atoms with Crippen molar-refractivity contribution in [3.05, 3.63) is 64.7 Å². The predicted octanol–water partition coefficient (Wildman–Crippen LogP) is 4.33. The maximum Gasteiger partial charge on any atom is 0.331 e. The van der Waals surface area contributed by atoms with Gasteiger partial charge in [0.05, 0.1) is 0 Å². The monoisotopic (exact) mass is 410 g/mol. The van der Waals surface area contributed by atoms with Gasteiger partial charge in [-0.1, -0.05) is 18.2 Å². The molecule has 0 atom stereocenters. The zero-order valence-electron chi connectivity index (χ0n) is 17.4. The van der Waals surface area contributed by atoms with E-state index in [-0.39, 0.29) is 30.9 Å². The fourth-order valence-corrected chi connectivity index (χ4v) is 3.90. The van der Waals surface area contributed by atoms with Crippen LogP contribution in [0.4, 0.5) is 4.39 Å². The van der Waals surface area contributed by atoms with E-state index in [0.717, 1.165) is 24.1 Å². The summed E-state index contributed by atoms with van der Waals surface area (Å²) in [6, 6.07) is 9.17. The lowest BCUT2D eigenvalue weighted by Gasteiger charge is -2.22. The van der Waals surface area contributed by atoms with E-state index in [1.165, 1.54) is 30.7 Å². The van der Waals surface area contributed by atoms with Gasteiger partial charge in [-0.2, -0.15) is 0 Å². The highest BCUT2D eigenvalue weighted by Gasteiger charge is 2.33. The molecular formula is C24H27FN2O3. The summed E-state index contributed by atoms with van der Waals surface area (Å²) in [4.78, 5) is 26.4. The van der Waals surface area contributed by atoms with E-state index in [9.17, 15) is 14.0 Å². The second kappa shape index (κ2) is 8.46. The molecule has 5 nitrogen and oxygen atoms in total. The lowest BCUT2D eigenvalue weighted by Crippen LogP contribution is -2.36. The number of hydrogen-bond donors (Lipinski definition) is 0. The zero-order chi connectivity index (χ0) is 21.3. The number of carbonyl (C=O) groups is 2. The first kappa shape index (κ1) is 20.4. The van der Waals surface area contributed by atoms with Crippen LogP contribution in [0, 0.1) is 19.7 Å². The molecule has 0 radical (unpaired) electrons. The van der Waals surface area contributed by atoms with Crippen molar-refractivity contribution < 1.29 is 18.7 Å². The number of amides is 1. The third-order valence-corrected chi connectivity index (χ3v) is 5.78. The Morgan fingerprint density at radius 2 is 1.93 bits per heavy atom. The molecule has 4 rings (SSSR count). The normalized spacial score (nSPS) is 16.1. The lowest BCUT2D eigenvalue weighted by molar-refractivity contribution is -0.148. The highest BCUT2D eigenvalue weighted by Crippen LogP contribution is 2.38. The number of esters is 1. The van der Waals surface area contributed by atoms with Crippen molar-refractivity contribution in [1.29, 1.82) is 0 Å². The number of halogens is 1. The van der Waals surface area contributed by atoms with E-state index < -0.39 is 5.97 Å². The minimum atomic E-state index is -0.554. The summed E-state index contributed by atoms with van der Waals surface area (Å²) in [5.74, 6) is -1.18. The molecule has 1 amide bonds. The Morgan fingerprint density at radius 1 is 1.20 bits per heavy atom. The Kier molecular flexibility index (Phi) is 5.75. The molecule has 0 unspecified atom stereocenters. The van der Waals surface area contributed by atoms with Gasteiger partial charge in [-0.05, 0) is 63.3 Å². The molecule has 0 spiro atoms. The number of hydrogen-bond acceptors (Lipinski definition) is 3. The Bertz CT molecular complexity index is 986. The van der Waals surface area contributed by atoms with Crippen molar-refractivity contribution in [2.75, 3.05) is 6.61 Å². The molecule has 1 aromatic heterocycles. The van der Waals surface area contributed by atoms with Crippen LogP contribution in [0.15, 0.2) is 36.4 Å². The Labute approximate surface area is 176 Å². The third kappa shape index (κ3) is 4.64. The van der Waals surface area contributed by atoms with Crippen molar-refractivity contribution in [3.8, 4) is 0 Å². The summed E-state index contributed by atoms with van der Waals surface area (Å²) >= 11 is 0. The summed E-state index contributed by atoms with van der Waals surface area (Å²) in [5.41, 5.74) is 3.78. The molecule has 2 aromatic rings. The van der Waals surface area contributed by atoms with Gasteiger partial charge in [-0.3, -0.25) is 4.79 Å². The topological polar surface area (TPSA) is 51.5 Å². The number of ether oxygens (including phenoxy) is 1. The molecule has 2 aliphatic carbocycles. The summed E-state index contributed by atoms with van der Waals surface area (Å²) in [6.07, 6.45) is 7.30. The van der Waals surface area contributed by atoms with Gasteiger partial charge in [0.25, 0.3) is 5.91 Å². The number of aromatic nitrogens is 1. The van der Waals surface area contributed by atoms with Gasteiger partial charge in [0.15, 0.2) is 6.61 Å². The Hall–Kier alpha value is -2.89. The summed E-state index contributed by atoms with van der Waals surface area (Å²) < 4.78 is 21.4. The van der Waals surface area contributed by atoms with E-state index in [1.54, 1.807) is 29.2 Å². The second-order valence-corrected chi connectivity index (χ2v) is 8.21. The molecule has 30 heavy (non-hydrogen) atoms. The van der Waals surface area contributed by atoms with Gasteiger partial charge >= 0.3 is 5.97 Å². The van der Waals surface area contributed by atoms with Gasteiger partial charge in [-0.25, -0.2) is 9.18 Å². The van der Waals surface area contributed by atoms with E-state index in [0.29, 0.717) is 11.6 Å². The van der Waals surface area contributed by atoms with Crippen LogP contribution in [0.3, 0.4) is 0 Å². The van der Waals surface area contributed by atoms with Gasteiger partial charge in [0, 0.05) is 41.7 Å². The number of nitrogens with zero attached hydrogens (tertiary/aromatic N) is 2. The van der Waals surface area contributed by atoms with Crippen molar-refractivity contribution in [2.24, 2.45) is 0 Å². The lowest BCUT2D eigenvalue weighted by atomic mass is 10.2. The minimum Gasteiger partial charge on any atom is -0.452 e. The summed E-state index contributed by atoms with van der Waals surface area (Å²) in [6.45, 7) is 3.98. The van der Waals surface area contributed by atoms with E-state index in [4.69, 9.17) is 4.74 Å². The number of rotatable bonds is 8. The largest absolute Gasteiger partial charge is 0.452 e. The second-order valence-electron chi connectivity index (χ2n) is 8.21. The van der Waals surface area contributed by atoms with Crippen molar-refractivity contribution in [2.45, 2.75) is 58.2 Å². The first-order valence-corrected chi connectivity index (χ1v) is 10.5. The first-order chi connectivity index (χ1) is 14.4. The quantitative estimate of drug-likeness (QED) is 0.481. The van der Waals surface area contributed by atoms with Crippen molar-refractivity contribution in [3.63, 3.8) is 0 Å². The molecular weight excluding hydrogens is 383 g/mol. The van der Waals surface area contributed by atoms with Crippen LogP contribution < -0.4 is 0 Å². The van der Waals surface area contributed by atoms with Crippen LogP contribution in [0.2, 0.25) is 0 Å². The van der Waals surface area contributed by atoms with Crippen LogP contribution in [0.1, 0.15) is 54.2 Å². The summed E-state index contributed by atoms with van der Waals surface area (Å²) in [7, 11) is 0. The highest BCUT2D eigenvalue weighted by atomic mass is 19.1. The smallest absolute Gasteiger partial charge is 0.331 e. The van der Waals surface area contributed by atoms with E-state index in [2.05, 4.69) is 24.5 Å². The van der Waals surface area contributed by atoms with E-state index >= 15 is 0 Å². The number of benzene rings is 1. The van der Waals surface area contributed by atoms with Gasteiger partial charge in [0.2, 0.25) is 0 Å². The van der Waals surface area contributed by atoms with Gasteiger partial charge < -0.3 is 14.2 Å². The van der Waals surface area contributed by atoms with E-state index in [1.807, 2.05) is 0 Å². The highest BCUT2D eigenvalue weighted by molar-refractivity contribution is 5.89. The number of aryl methyl sites for hydroxylation is 1. The Balaban J connectivity index is 1.33. The van der Waals surface area contributed by atoms with Crippen LogP contribution in [-0.4, -0.2) is 34.0 Å². The van der Waals surface area contributed by atoms with Crippen LogP contribution >= 0.6 is 0 Å². The van der Waals surface area contributed by atoms with Crippen LogP contribution in [-0.2, 0) is 20.9 Å². The predicted molar refractivity (Wildman–Crippen MR) is 112 cm³/mol. The van der Waals surface area contributed by atoms with Crippen molar-refractivity contribution >= 4 is 18.0 Å². The van der Waals surface area contributed by atoms with Gasteiger partial charge in [0.1, 0.15) is 5.82 Å². The molecule has 6 heteroatoms. The maximum absolute atomic E-state index is 14.0. The molecule has 1 heterocycles. The molecule has 0 saturated heterocycles. The molecule has 158 valence electrons. The molecule has 1 aromatic carbocycles. The molecule has 0 aliphatic heterocycles.